The molecule has 2 heterocycles. The molecule has 1 aromatic rings. The number of amides is 2. The predicted octanol–water partition coefficient (Wildman–Crippen LogP) is -0.357. The number of hydrazine groups is 1. The summed E-state index contributed by atoms with van der Waals surface area (Å²) in [5.41, 5.74) is 2.63. The standard InChI is InChI=1S/C12H18N4O2S/c1-15-4-6-16(7-5-15)14-12(18)11(17)13-9-10-3-2-8-19-10/h2-3,8H,4-7,9H2,1H3,(H,13,17)(H,14,18). The van der Waals surface area contributed by atoms with Crippen molar-refractivity contribution in [2.24, 2.45) is 0 Å². The van der Waals surface area contributed by atoms with Crippen LogP contribution in [0.4, 0.5) is 0 Å². The molecule has 1 aromatic heterocycles. The number of likely N-dealkylation sites (N-methyl/N-ethyl adjacent to an activating group) is 1. The molecule has 0 saturated carbocycles. The molecule has 0 bridgehead atoms. The Morgan fingerprint density at radius 3 is 2.63 bits per heavy atom. The highest BCUT2D eigenvalue weighted by Crippen LogP contribution is 2.07. The first-order chi connectivity index (χ1) is 9.15. The minimum absolute atomic E-state index is 0.395. The molecule has 0 aliphatic carbocycles. The number of carbonyl (C=O) groups is 2. The first-order valence-electron chi connectivity index (χ1n) is 6.20. The van der Waals surface area contributed by atoms with E-state index in [1.807, 2.05) is 24.6 Å². The lowest BCUT2D eigenvalue weighted by atomic mass is 10.4. The number of nitrogens with zero attached hydrogens (tertiary/aromatic N) is 2. The van der Waals surface area contributed by atoms with Crippen LogP contribution in [-0.4, -0.2) is 54.9 Å². The molecule has 1 aliphatic heterocycles. The quantitative estimate of drug-likeness (QED) is 0.743. The van der Waals surface area contributed by atoms with Gasteiger partial charge in [0.1, 0.15) is 0 Å². The van der Waals surface area contributed by atoms with Crippen LogP contribution in [0, 0.1) is 0 Å². The van der Waals surface area contributed by atoms with Crippen LogP contribution in [0.3, 0.4) is 0 Å². The minimum atomic E-state index is -0.596. The summed E-state index contributed by atoms with van der Waals surface area (Å²) < 4.78 is 0. The van der Waals surface area contributed by atoms with Crippen LogP contribution in [0.15, 0.2) is 17.5 Å². The van der Waals surface area contributed by atoms with Gasteiger partial charge in [0.25, 0.3) is 0 Å². The third-order valence-electron chi connectivity index (χ3n) is 2.97. The molecule has 104 valence electrons. The smallest absolute Gasteiger partial charge is 0.323 e. The van der Waals surface area contributed by atoms with Crippen molar-refractivity contribution in [3.63, 3.8) is 0 Å². The molecule has 19 heavy (non-hydrogen) atoms. The van der Waals surface area contributed by atoms with Crippen molar-refractivity contribution < 1.29 is 9.59 Å². The van der Waals surface area contributed by atoms with Crippen molar-refractivity contribution in [2.45, 2.75) is 6.54 Å². The lowest BCUT2D eigenvalue weighted by molar-refractivity contribution is -0.142. The molecule has 0 unspecified atom stereocenters. The maximum absolute atomic E-state index is 11.7. The molecular formula is C12H18N4O2S. The Hall–Kier alpha value is -1.44. The molecule has 6 nitrogen and oxygen atoms in total. The molecule has 1 saturated heterocycles. The van der Waals surface area contributed by atoms with Gasteiger partial charge in [-0.2, -0.15) is 0 Å². The zero-order valence-corrected chi connectivity index (χ0v) is 11.7. The van der Waals surface area contributed by atoms with Crippen LogP contribution in [0.5, 0.6) is 0 Å². The summed E-state index contributed by atoms with van der Waals surface area (Å²) in [6, 6.07) is 3.83. The lowest BCUT2D eigenvalue weighted by Crippen LogP contribution is -2.55. The third-order valence-corrected chi connectivity index (χ3v) is 3.85. The highest BCUT2D eigenvalue weighted by molar-refractivity contribution is 7.09. The normalized spacial score (nSPS) is 17.1. The monoisotopic (exact) mass is 282 g/mol. The maximum atomic E-state index is 11.7. The van der Waals surface area contributed by atoms with Crippen molar-refractivity contribution >= 4 is 23.2 Å². The summed E-state index contributed by atoms with van der Waals surface area (Å²) in [4.78, 5) is 26.5. The Labute approximate surface area is 116 Å². The van der Waals surface area contributed by atoms with Crippen molar-refractivity contribution in [1.82, 2.24) is 20.7 Å². The van der Waals surface area contributed by atoms with Gasteiger partial charge < -0.3 is 10.2 Å². The molecule has 2 N–H and O–H groups in total. The summed E-state index contributed by atoms with van der Waals surface area (Å²) in [5.74, 6) is -1.19. The van der Waals surface area contributed by atoms with E-state index in [0.29, 0.717) is 6.54 Å². The minimum Gasteiger partial charge on any atom is -0.343 e. The highest BCUT2D eigenvalue weighted by Gasteiger charge is 2.19. The fourth-order valence-corrected chi connectivity index (χ4v) is 2.42. The molecule has 0 atom stereocenters. The fraction of sp³-hybridized carbons (Fsp3) is 0.500. The van der Waals surface area contributed by atoms with Crippen molar-refractivity contribution in [2.75, 3.05) is 33.2 Å². The van der Waals surface area contributed by atoms with Crippen molar-refractivity contribution in [3.05, 3.63) is 22.4 Å². The number of rotatable bonds is 3. The number of hydrogen-bond acceptors (Lipinski definition) is 5. The van der Waals surface area contributed by atoms with E-state index in [9.17, 15) is 9.59 Å². The zero-order chi connectivity index (χ0) is 13.7. The van der Waals surface area contributed by atoms with Gasteiger partial charge in [0.15, 0.2) is 0 Å². The number of nitrogens with one attached hydrogen (secondary N) is 2. The fourth-order valence-electron chi connectivity index (χ4n) is 1.77. The van der Waals surface area contributed by atoms with Gasteiger partial charge in [0.05, 0.1) is 6.54 Å². The predicted molar refractivity (Wildman–Crippen MR) is 73.4 cm³/mol. The Bertz CT molecular complexity index is 427. The van der Waals surface area contributed by atoms with Gasteiger partial charge in [-0.15, -0.1) is 11.3 Å². The average Bonchev–Trinajstić information content (AvgIpc) is 2.91. The van der Waals surface area contributed by atoms with Gasteiger partial charge in [-0.1, -0.05) is 6.07 Å². The summed E-state index contributed by atoms with van der Waals surface area (Å²) >= 11 is 1.55. The molecule has 0 spiro atoms. The second-order valence-electron chi connectivity index (χ2n) is 4.49. The number of hydrogen-bond donors (Lipinski definition) is 2. The van der Waals surface area contributed by atoms with E-state index in [2.05, 4.69) is 15.6 Å². The summed E-state index contributed by atoms with van der Waals surface area (Å²) in [7, 11) is 2.03. The molecule has 0 aromatic carbocycles. The van der Waals surface area contributed by atoms with Gasteiger partial charge in [-0.3, -0.25) is 15.0 Å². The average molecular weight is 282 g/mol. The highest BCUT2D eigenvalue weighted by atomic mass is 32.1. The molecule has 7 heteroatoms. The van der Waals surface area contributed by atoms with E-state index in [-0.39, 0.29) is 0 Å². The molecule has 0 radical (unpaired) electrons. The first kappa shape index (κ1) is 14.0. The first-order valence-corrected chi connectivity index (χ1v) is 7.08. The molecule has 1 aliphatic rings. The number of thiophene rings is 1. The van der Waals surface area contributed by atoms with E-state index in [4.69, 9.17) is 0 Å². The van der Waals surface area contributed by atoms with Gasteiger partial charge in [-0.05, 0) is 18.5 Å². The van der Waals surface area contributed by atoms with E-state index in [1.165, 1.54) is 0 Å². The van der Waals surface area contributed by atoms with Crippen molar-refractivity contribution in [3.8, 4) is 0 Å². The number of carbonyl (C=O) groups excluding carboxylic acids is 2. The maximum Gasteiger partial charge on any atom is 0.323 e. The Balaban J connectivity index is 1.71. The largest absolute Gasteiger partial charge is 0.343 e. The third kappa shape index (κ3) is 4.30. The summed E-state index contributed by atoms with van der Waals surface area (Å²) in [5, 5.41) is 6.33. The zero-order valence-electron chi connectivity index (χ0n) is 10.9. The van der Waals surface area contributed by atoms with Gasteiger partial charge >= 0.3 is 11.8 Å². The van der Waals surface area contributed by atoms with Crippen molar-refractivity contribution in [1.29, 1.82) is 0 Å². The summed E-state index contributed by atoms with van der Waals surface area (Å²) in [6.45, 7) is 3.64. The molecular weight excluding hydrogens is 264 g/mol. The van der Waals surface area contributed by atoms with Gasteiger partial charge in [-0.25, -0.2) is 5.01 Å². The topological polar surface area (TPSA) is 64.7 Å². The van der Waals surface area contributed by atoms with Gasteiger partial charge in [0.2, 0.25) is 0 Å². The summed E-state index contributed by atoms with van der Waals surface area (Å²) in [6.07, 6.45) is 0. The van der Waals surface area contributed by atoms with E-state index in [1.54, 1.807) is 16.3 Å². The Morgan fingerprint density at radius 1 is 1.26 bits per heavy atom. The van der Waals surface area contributed by atoms with Crippen LogP contribution >= 0.6 is 11.3 Å². The van der Waals surface area contributed by atoms with Crippen LogP contribution in [0.2, 0.25) is 0 Å². The Kier molecular flexibility index (Phi) is 4.89. The Morgan fingerprint density at radius 2 is 2.00 bits per heavy atom. The van der Waals surface area contributed by atoms with Crippen LogP contribution in [-0.2, 0) is 16.1 Å². The number of piperazine rings is 1. The second kappa shape index (κ2) is 6.65. The van der Waals surface area contributed by atoms with E-state index in [0.717, 1.165) is 31.1 Å². The lowest BCUT2D eigenvalue weighted by Gasteiger charge is -2.32. The van der Waals surface area contributed by atoms with Crippen LogP contribution < -0.4 is 10.7 Å². The van der Waals surface area contributed by atoms with Crippen LogP contribution in [0.1, 0.15) is 4.88 Å². The van der Waals surface area contributed by atoms with E-state index >= 15 is 0 Å². The molecule has 2 amide bonds. The van der Waals surface area contributed by atoms with Gasteiger partial charge in [0, 0.05) is 31.1 Å². The van der Waals surface area contributed by atoms with Crippen LogP contribution in [0.25, 0.3) is 0 Å². The molecule has 2 rings (SSSR count). The SMILES string of the molecule is CN1CCN(NC(=O)C(=O)NCc2cccs2)CC1. The second-order valence-corrected chi connectivity index (χ2v) is 5.53. The molecule has 1 fully saturated rings. The van der Waals surface area contributed by atoms with E-state index < -0.39 is 11.8 Å².